The fraction of sp³-hybridized carbons (Fsp3) is 0.480. The molecule has 0 bridgehead atoms. The zero-order valence-electron chi connectivity index (χ0n) is 17.9. The lowest BCUT2D eigenvalue weighted by Gasteiger charge is -2.42. The molecule has 4 rings (SSSR count). The zero-order valence-corrected chi connectivity index (χ0v) is 17.9. The van der Waals surface area contributed by atoms with Crippen molar-refractivity contribution in [2.75, 3.05) is 19.6 Å². The van der Waals surface area contributed by atoms with E-state index in [9.17, 15) is 9.59 Å². The Morgan fingerprint density at radius 1 is 1.23 bits per heavy atom. The predicted molar refractivity (Wildman–Crippen MR) is 118 cm³/mol. The summed E-state index contributed by atoms with van der Waals surface area (Å²) in [5, 5.41) is 3.05. The normalized spacial score (nSPS) is 25.6. The lowest BCUT2D eigenvalue weighted by Crippen LogP contribution is -2.54. The number of nitrogens with zero attached hydrogens (tertiary/aromatic N) is 2. The number of hydrogen-bond donors (Lipinski definition) is 1. The zero-order chi connectivity index (χ0) is 21.1. The smallest absolute Gasteiger partial charge is 0.228 e. The van der Waals surface area contributed by atoms with Gasteiger partial charge in [0.05, 0.1) is 5.41 Å². The molecule has 2 aliphatic rings. The van der Waals surface area contributed by atoms with Crippen LogP contribution in [0.2, 0.25) is 0 Å². The molecular weight excluding hydrogens is 374 g/mol. The second-order valence-corrected chi connectivity index (χ2v) is 8.94. The van der Waals surface area contributed by atoms with Crippen molar-refractivity contribution in [1.29, 1.82) is 0 Å². The molecule has 158 valence electrons. The summed E-state index contributed by atoms with van der Waals surface area (Å²) in [6.07, 6.45) is 6.92. The maximum atomic E-state index is 13.2. The molecule has 30 heavy (non-hydrogen) atoms. The average Bonchev–Trinajstić information content (AvgIpc) is 3.51. The Labute approximate surface area is 178 Å². The summed E-state index contributed by atoms with van der Waals surface area (Å²) in [4.78, 5) is 32.3. The molecule has 0 unspecified atom stereocenters. The number of likely N-dealkylation sites (tertiary alicyclic amines) is 1. The van der Waals surface area contributed by atoms with Crippen molar-refractivity contribution in [3.8, 4) is 11.1 Å². The predicted octanol–water partition coefficient (Wildman–Crippen LogP) is 3.69. The van der Waals surface area contributed by atoms with E-state index >= 15 is 0 Å². The number of aromatic nitrogens is 1. The van der Waals surface area contributed by atoms with Crippen molar-refractivity contribution in [2.45, 2.75) is 39.5 Å². The molecule has 1 aliphatic heterocycles. The number of rotatable bonds is 6. The Bertz CT molecular complexity index is 914. The molecule has 3 atom stereocenters. The standard InChI is InChI=1S/C25H31N3O2/c1-3-27-24(30)25(10-6-12-28(17-25)23(29)22-13-18(22)2)15-19-7-4-8-20(14-19)21-9-5-11-26-16-21/h4-5,7-9,11,14,16,18,22H,3,6,10,12-13,15,17H2,1-2H3,(H,27,30)/t18-,22+,25+/m1/s1. The van der Waals surface area contributed by atoms with Crippen molar-refractivity contribution < 1.29 is 9.59 Å². The van der Waals surface area contributed by atoms with Gasteiger partial charge in [0.15, 0.2) is 0 Å². The van der Waals surface area contributed by atoms with Gasteiger partial charge >= 0.3 is 0 Å². The van der Waals surface area contributed by atoms with E-state index < -0.39 is 5.41 Å². The van der Waals surface area contributed by atoms with Crippen molar-refractivity contribution in [3.63, 3.8) is 0 Å². The second-order valence-electron chi connectivity index (χ2n) is 8.94. The number of nitrogens with one attached hydrogen (secondary N) is 1. The van der Waals surface area contributed by atoms with Crippen LogP contribution in [0.1, 0.15) is 38.7 Å². The third-order valence-corrected chi connectivity index (χ3v) is 6.60. The molecule has 2 heterocycles. The summed E-state index contributed by atoms with van der Waals surface area (Å²) in [6.45, 7) is 5.96. The van der Waals surface area contributed by atoms with Crippen molar-refractivity contribution in [1.82, 2.24) is 15.2 Å². The van der Waals surface area contributed by atoms with Crippen LogP contribution in [-0.4, -0.2) is 41.3 Å². The van der Waals surface area contributed by atoms with Crippen LogP contribution < -0.4 is 5.32 Å². The minimum absolute atomic E-state index is 0.0677. The SMILES string of the molecule is CCNC(=O)[C@]1(Cc2cccc(-c3cccnc3)c2)CCCN(C(=O)[C@H]2C[C@H]2C)C1. The highest BCUT2D eigenvalue weighted by molar-refractivity contribution is 5.86. The van der Waals surface area contributed by atoms with E-state index in [2.05, 4.69) is 35.4 Å². The number of amides is 2. The van der Waals surface area contributed by atoms with E-state index in [1.54, 1.807) is 6.20 Å². The van der Waals surface area contributed by atoms with Crippen LogP contribution in [0.3, 0.4) is 0 Å². The molecule has 2 aromatic rings. The van der Waals surface area contributed by atoms with Crippen LogP contribution in [0.25, 0.3) is 11.1 Å². The quantitative estimate of drug-likeness (QED) is 0.797. The topological polar surface area (TPSA) is 62.3 Å². The lowest BCUT2D eigenvalue weighted by atomic mass is 9.74. The fourth-order valence-electron chi connectivity index (χ4n) is 4.76. The molecule has 1 saturated carbocycles. The Morgan fingerprint density at radius 2 is 2.03 bits per heavy atom. The molecule has 1 aliphatic carbocycles. The van der Waals surface area contributed by atoms with E-state index in [0.29, 0.717) is 25.4 Å². The van der Waals surface area contributed by atoms with Gasteiger partial charge in [-0.05, 0) is 61.3 Å². The molecule has 0 spiro atoms. The number of carbonyl (C=O) groups is 2. The molecule has 1 aromatic heterocycles. The molecule has 1 aromatic carbocycles. The molecular formula is C25H31N3O2. The van der Waals surface area contributed by atoms with Crippen LogP contribution in [-0.2, 0) is 16.0 Å². The highest BCUT2D eigenvalue weighted by atomic mass is 16.2. The van der Waals surface area contributed by atoms with Gasteiger partial charge < -0.3 is 10.2 Å². The van der Waals surface area contributed by atoms with E-state index in [0.717, 1.165) is 42.5 Å². The number of piperidine rings is 1. The van der Waals surface area contributed by atoms with E-state index in [1.807, 2.05) is 36.2 Å². The highest BCUT2D eigenvalue weighted by Gasteiger charge is 2.47. The van der Waals surface area contributed by atoms with Gasteiger partial charge in [-0.2, -0.15) is 0 Å². The van der Waals surface area contributed by atoms with E-state index in [4.69, 9.17) is 0 Å². The monoisotopic (exact) mass is 405 g/mol. The Hall–Kier alpha value is -2.69. The molecule has 2 fully saturated rings. The van der Waals surface area contributed by atoms with Crippen molar-refractivity contribution in [2.24, 2.45) is 17.3 Å². The van der Waals surface area contributed by atoms with E-state index in [1.165, 1.54) is 0 Å². The molecule has 2 amide bonds. The maximum Gasteiger partial charge on any atom is 0.228 e. The summed E-state index contributed by atoms with van der Waals surface area (Å²) < 4.78 is 0. The first-order valence-electron chi connectivity index (χ1n) is 11.1. The first kappa shape index (κ1) is 20.6. The molecule has 1 saturated heterocycles. The summed E-state index contributed by atoms with van der Waals surface area (Å²) >= 11 is 0. The van der Waals surface area contributed by atoms with Gasteiger partial charge in [0.1, 0.15) is 0 Å². The summed E-state index contributed by atoms with van der Waals surface area (Å²) in [5.41, 5.74) is 2.71. The van der Waals surface area contributed by atoms with Crippen LogP contribution >= 0.6 is 0 Å². The van der Waals surface area contributed by atoms with Gasteiger partial charge in [0.2, 0.25) is 11.8 Å². The Morgan fingerprint density at radius 3 is 2.73 bits per heavy atom. The first-order chi connectivity index (χ1) is 14.5. The lowest BCUT2D eigenvalue weighted by molar-refractivity contribution is -0.142. The average molecular weight is 406 g/mol. The molecule has 1 N–H and O–H groups in total. The summed E-state index contributed by atoms with van der Waals surface area (Å²) in [5.74, 6) is 0.941. The second kappa shape index (κ2) is 8.58. The number of benzene rings is 1. The van der Waals surface area contributed by atoms with E-state index in [-0.39, 0.29) is 17.7 Å². The van der Waals surface area contributed by atoms with Crippen molar-refractivity contribution >= 4 is 11.8 Å². The van der Waals surface area contributed by atoms with Crippen LogP contribution in [0.15, 0.2) is 48.8 Å². The van der Waals surface area contributed by atoms with Gasteiger partial charge in [-0.3, -0.25) is 14.6 Å². The largest absolute Gasteiger partial charge is 0.356 e. The third kappa shape index (κ3) is 4.25. The minimum atomic E-state index is -0.574. The maximum absolute atomic E-state index is 13.2. The minimum Gasteiger partial charge on any atom is -0.356 e. The Kier molecular flexibility index (Phi) is 5.89. The van der Waals surface area contributed by atoms with Crippen LogP contribution in [0.5, 0.6) is 0 Å². The van der Waals surface area contributed by atoms with Crippen LogP contribution in [0, 0.1) is 17.3 Å². The first-order valence-corrected chi connectivity index (χ1v) is 11.1. The molecule has 5 nitrogen and oxygen atoms in total. The summed E-state index contributed by atoms with van der Waals surface area (Å²) in [7, 11) is 0. The number of carbonyl (C=O) groups excluding carboxylic acids is 2. The van der Waals surface area contributed by atoms with Gasteiger partial charge in [0.25, 0.3) is 0 Å². The van der Waals surface area contributed by atoms with Gasteiger partial charge in [0, 0.05) is 37.9 Å². The number of hydrogen-bond acceptors (Lipinski definition) is 3. The van der Waals surface area contributed by atoms with Gasteiger partial charge in [-0.15, -0.1) is 0 Å². The van der Waals surface area contributed by atoms with Gasteiger partial charge in [-0.25, -0.2) is 0 Å². The van der Waals surface area contributed by atoms with Crippen LogP contribution in [0.4, 0.5) is 0 Å². The summed E-state index contributed by atoms with van der Waals surface area (Å²) in [6, 6.07) is 12.3. The third-order valence-electron chi connectivity index (χ3n) is 6.60. The molecule has 5 heteroatoms. The highest BCUT2D eigenvalue weighted by Crippen LogP contribution is 2.42. The molecule has 0 radical (unpaired) electrons. The Balaban J connectivity index is 1.60. The van der Waals surface area contributed by atoms with Gasteiger partial charge in [-0.1, -0.05) is 37.3 Å². The number of pyridine rings is 1. The van der Waals surface area contributed by atoms with Crippen molar-refractivity contribution in [3.05, 3.63) is 54.4 Å². The fourth-order valence-corrected chi connectivity index (χ4v) is 4.76.